The molecule has 0 aliphatic rings. The molecule has 0 amide bonds. The van der Waals surface area contributed by atoms with Crippen LogP contribution in [-0.2, 0) is 6.42 Å². The van der Waals surface area contributed by atoms with Gasteiger partial charge in [-0.2, -0.15) is 11.3 Å². The second kappa shape index (κ2) is 4.92. The van der Waals surface area contributed by atoms with E-state index in [0.717, 1.165) is 10.9 Å². The molecule has 15 heavy (non-hydrogen) atoms. The molecule has 2 aromatic rings. The third-order valence-electron chi connectivity index (χ3n) is 2.34. The highest BCUT2D eigenvalue weighted by atomic mass is 79.9. The van der Waals surface area contributed by atoms with Crippen LogP contribution in [0.1, 0.15) is 17.2 Å². The van der Waals surface area contributed by atoms with E-state index in [1.54, 1.807) is 11.3 Å². The molecule has 0 aliphatic heterocycles. The van der Waals surface area contributed by atoms with Crippen molar-refractivity contribution in [3.63, 3.8) is 0 Å². The van der Waals surface area contributed by atoms with E-state index in [4.69, 9.17) is 5.73 Å². The molecule has 2 rings (SSSR count). The van der Waals surface area contributed by atoms with Crippen LogP contribution in [0.25, 0.3) is 0 Å². The van der Waals surface area contributed by atoms with Crippen LogP contribution in [0, 0.1) is 0 Å². The Balaban J connectivity index is 2.11. The lowest BCUT2D eigenvalue weighted by Crippen LogP contribution is -2.12. The molecule has 0 bridgehead atoms. The van der Waals surface area contributed by atoms with Gasteiger partial charge in [0.25, 0.3) is 0 Å². The molecule has 1 nitrogen and oxygen atoms in total. The molecule has 0 saturated heterocycles. The van der Waals surface area contributed by atoms with Gasteiger partial charge in [0.1, 0.15) is 0 Å². The van der Waals surface area contributed by atoms with E-state index in [-0.39, 0.29) is 6.04 Å². The van der Waals surface area contributed by atoms with E-state index in [2.05, 4.69) is 38.8 Å². The van der Waals surface area contributed by atoms with Crippen molar-refractivity contribution in [2.75, 3.05) is 0 Å². The Bertz CT molecular complexity index is 424. The Labute approximate surface area is 102 Å². The summed E-state index contributed by atoms with van der Waals surface area (Å²) in [7, 11) is 0. The van der Waals surface area contributed by atoms with Crippen LogP contribution >= 0.6 is 27.3 Å². The second-order valence-corrected chi connectivity index (χ2v) is 5.07. The number of thiophene rings is 1. The molecule has 0 aliphatic carbocycles. The van der Waals surface area contributed by atoms with Gasteiger partial charge in [-0.1, -0.05) is 30.3 Å². The minimum absolute atomic E-state index is 0.0769. The highest BCUT2D eigenvalue weighted by Gasteiger charge is 2.10. The minimum atomic E-state index is 0.0769. The molecule has 0 saturated carbocycles. The number of halogens is 1. The fourth-order valence-electron chi connectivity index (χ4n) is 1.53. The first-order chi connectivity index (χ1) is 7.27. The van der Waals surface area contributed by atoms with Gasteiger partial charge in [0.05, 0.1) is 0 Å². The molecule has 2 N–H and O–H groups in total. The van der Waals surface area contributed by atoms with E-state index in [1.165, 1.54) is 11.1 Å². The predicted molar refractivity (Wildman–Crippen MR) is 69.1 cm³/mol. The first-order valence-corrected chi connectivity index (χ1v) is 6.52. The van der Waals surface area contributed by atoms with Gasteiger partial charge in [0, 0.05) is 15.9 Å². The van der Waals surface area contributed by atoms with E-state index >= 15 is 0 Å². The third-order valence-corrected chi connectivity index (χ3v) is 4.09. The van der Waals surface area contributed by atoms with Crippen LogP contribution in [0.3, 0.4) is 0 Å². The molecule has 0 fully saturated rings. The fraction of sp³-hybridized carbons (Fsp3) is 0.167. The molecule has 1 aromatic heterocycles. The van der Waals surface area contributed by atoms with Crippen molar-refractivity contribution in [3.8, 4) is 0 Å². The summed E-state index contributed by atoms with van der Waals surface area (Å²) in [5.74, 6) is 0. The number of hydrogen-bond donors (Lipinski definition) is 1. The summed E-state index contributed by atoms with van der Waals surface area (Å²) in [5.41, 5.74) is 8.63. The Morgan fingerprint density at radius 2 is 1.93 bits per heavy atom. The van der Waals surface area contributed by atoms with Crippen molar-refractivity contribution in [2.45, 2.75) is 12.5 Å². The van der Waals surface area contributed by atoms with Crippen molar-refractivity contribution in [3.05, 3.63) is 56.7 Å². The average molecular weight is 282 g/mol. The zero-order chi connectivity index (χ0) is 10.7. The van der Waals surface area contributed by atoms with Crippen LogP contribution in [-0.4, -0.2) is 0 Å². The zero-order valence-electron chi connectivity index (χ0n) is 8.19. The Hall–Kier alpha value is -0.640. The SMILES string of the molecule is NC(Cc1ccccc1)c1cscc1Br. The lowest BCUT2D eigenvalue weighted by Gasteiger charge is -2.10. The summed E-state index contributed by atoms with van der Waals surface area (Å²) in [6.45, 7) is 0. The van der Waals surface area contributed by atoms with Crippen molar-refractivity contribution in [2.24, 2.45) is 5.73 Å². The van der Waals surface area contributed by atoms with Crippen LogP contribution in [0.15, 0.2) is 45.6 Å². The molecule has 78 valence electrons. The smallest absolute Gasteiger partial charge is 0.0355 e. The second-order valence-electron chi connectivity index (χ2n) is 3.47. The average Bonchev–Trinajstić information content (AvgIpc) is 2.66. The molecular weight excluding hydrogens is 270 g/mol. The van der Waals surface area contributed by atoms with Gasteiger partial charge in [0.2, 0.25) is 0 Å². The standard InChI is InChI=1S/C12H12BrNS/c13-11-8-15-7-10(11)12(14)6-9-4-2-1-3-5-9/h1-5,7-8,12H,6,14H2. The van der Waals surface area contributed by atoms with Gasteiger partial charge in [-0.15, -0.1) is 0 Å². The zero-order valence-corrected chi connectivity index (χ0v) is 10.6. The summed E-state index contributed by atoms with van der Waals surface area (Å²) in [5, 5.41) is 4.18. The van der Waals surface area contributed by atoms with E-state index in [0.29, 0.717) is 0 Å². The number of benzene rings is 1. The normalized spacial score (nSPS) is 12.7. The van der Waals surface area contributed by atoms with Gasteiger partial charge in [0.15, 0.2) is 0 Å². The third kappa shape index (κ3) is 2.68. The predicted octanol–water partition coefficient (Wildman–Crippen LogP) is 3.75. The lowest BCUT2D eigenvalue weighted by molar-refractivity contribution is 0.722. The maximum absolute atomic E-state index is 6.15. The molecular formula is C12H12BrNS. The van der Waals surface area contributed by atoms with Crippen molar-refractivity contribution in [1.82, 2.24) is 0 Å². The maximum atomic E-state index is 6.15. The Morgan fingerprint density at radius 1 is 1.20 bits per heavy atom. The topological polar surface area (TPSA) is 26.0 Å². The molecule has 3 heteroatoms. The first kappa shape index (κ1) is 10.9. The van der Waals surface area contributed by atoms with Gasteiger partial charge in [-0.25, -0.2) is 0 Å². The highest BCUT2D eigenvalue weighted by Crippen LogP contribution is 2.27. The number of rotatable bonds is 3. The van der Waals surface area contributed by atoms with E-state index < -0.39 is 0 Å². The number of nitrogens with two attached hydrogens (primary N) is 1. The van der Waals surface area contributed by atoms with Crippen molar-refractivity contribution >= 4 is 27.3 Å². The minimum Gasteiger partial charge on any atom is -0.324 e. The summed E-state index contributed by atoms with van der Waals surface area (Å²) in [4.78, 5) is 0. The highest BCUT2D eigenvalue weighted by molar-refractivity contribution is 9.10. The van der Waals surface area contributed by atoms with E-state index in [1.807, 2.05) is 18.2 Å². The Morgan fingerprint density at radius 3 is 2.53 bits per heavy atom. The lowest BCUT2D eigenvalue weighted by atomic mass is 10.0. The van der Waals surface area contributed by atoms with Crippen LogP contribution in [0.2, 0.25) is 0 Å². The maximum Gasteiger partial charge on any atom is 0.0355 e. The first-order valence-electron chi connectivity index (χ1n) is 4.78. The summed E-state index contributed by atoms with van der Waals surface area (Å²) in [6, 6.07) is 10.4. The van der Waals surface area contributed by atoms with Crippen LogP contribution < -0.4 is 5.73 Å². The summed E-state index contributed by atoms with van der Waals surface area (Å²) < 4.78 is 1.12. The van der Waals surface area contributed by atoms with Crippen molar-refractivity contribution in [1.29, 1.82) is 0 Å². The molecule has 1 aromatic carbocycles. The van der Waals surface area contributed by atoms with E-state index in [9.17, 15) is 0 Å². The Kier molecular flexibility index (Phi) is 3.57. The molecule has 1 atom stereocenters. The molecule has 0 spiro atoms. The van der Waals surface area contributed by atoms with Crippen LogP contribution in [0.5, 0.6) is 0 Å². The monoisotopic (exact) mass is 281 g/mol. The van der Waals surface area contributed by atoms with Crippen LogP contribution in [0.4, 0.5) is 0 Å². The largest absolute Gasteiger partial charge is 0.324 e. The van der Waals surface area contributed by atoms with Gasteiger partial charge in [-0.05, 0) is 38.9 Å². The van der Waals surface area contributed by atoms with Gasteiger partial charge >= 0.3 is 0 Å². The molecule has 1 heterocycles. The molecule has 0 radical (unpaired) electrons. The molecule has 1 unspecified atom stereocenters. The van der Waals surface area contributed by atoms with Gasteiger partial charge < -0.3 is 5.73 Å². The summed E-state index contributed by atoms with van der Waals surface area (Å²) in [6.07, 6.45) is 0.885. The quantitative estimate of drug-likeness (QED) is 0.911. The van der Waals surface area contributed by atoms with Gasteiger partial charge in [-0.3, -0.25) is 0 Å². The summed E-state index contributed by atoms with van der Waals surface area (Å²) >= 11 is 5.19. The fourth-order valence-corrected chi connectivity index (χ4v) is 3.19. The number of hydrogen-bond acceptors (Lipinski definition) is 2. The van der Waals surface area contributed by atoms with Crippen molar-refractivity contribution < 1.29 is 0 Å².